The van der Waals surface area contributed by atoms with Crippen molar-refractivity contribution in [1.82, 2.24) is 25.4 Å². The van der Waals surface area contributed by atoms with Crippen molar-refractivity contribution in [1.29, 1.82) is 0 Å². The van der Waals surface area contributed by atoms with Gasteiger partial charge in [0.15, 0.2) is 11.6 Å². The number of nitrogens with one attached hydrogen (secondary N) is 2. The minimum Gasteiger partial charge on any atom is -0.351 e. The van der Waals surface area contributed by atoms with E-state index < -0.39 is 17.6 Å². The van der Waals surface area contributed by atoms with Gasteiger partial charge in [0, 0.05) is 25.7 Å². The third-order valence-electron chi connectivity index (χ3n) is 6.50. The summed E-state index contributed by atoms with van der Waals surface area (Å²) in [4.78, 5) is 36.1. The molecule has 11 heteroatoms. The summed E-state index contributed by atoms with van der Waals surface area (Å²) >= 11 is 0. The van der Waals surface area contributed by atoms with Crippen molar-refractivity contribution in [2.75, 3.05) is 43.6 Å². The molecular formula is C21H34FN7O3. The highest BCUT2D eigenvalue weighted by molar-refractivity contribution is 5.80. The van der Waals surface area contributed by atoms with Crippen LogP contribution < -0.4 is 15.8 Å². The number of hydrogen-bond acceptors (Lipinski definition) is 8. The molecule has 0 unspecified atom stereocenters. The maximum absolute atomic E-state index is 15.2. The molecule has 2 aliphatic rings. The second-order valence-corrected chi connectivity index (χ2v) is 8.96. The maximum atomic E-state index is 15.2. The minimum absolute atomic E-state index is 0.108. The highest BCUT2D eigenvalue weighted by Gasteiger charge is 2.28. The average molecular weight is 452 g/mol. The van der Waals surface area contributed by atoms with Crippen LogP contribution in [-0.4, -0.2) is 76.7 Å². The number of aromatic nitrogens is 2. The van der Waals surface area contributed by atoms with Gasteiger partial charge in [0.05, 0.1) is 12.5 Å². The zero-order valence-electron chi connectivity index (χ0n) is 19.1. The van der Waals surface area contributed by atoms with Crippen molar-refractivity contribution >= 4 is 24.0 Å². The standard InChI is InChI=1S/C21H34FN7O3/c1-14-11-28(9-8-27(14)3)20-18(22)19(23-15(2)24-20)25-26-21(31)17(12-29(32)13-30)10-16-6-4-5-7-16/h13-14,16-17,32H,4-12H2,1-3H3,(H,26,31)(H,23,24,25)/t14-,17-/m0/s1. The molecule has 0 spiro atoms. The van der Waals surface area contributed by atoms with Crippen LogP contribution in [0.3, 0.4) is 0 Å². The van der Waals surface area contributed by atoms with Crippen molar-refractivity contribution in [3.05, 3.63) is 11.6 Å². The summed E-state index contributed by atoms with van der Waals surface area (Å²) in [5.41, 5.74) is 5.12. The van der Waals surface area contributed by atoms with Crippen molar-refractivity contribution in [2.24, 2.45) is 11.8 Å². The van der Waals surface area contributed by atoms with Crippen LogP contribution in [0.5, 0.6) is 0 Å². The molecular weight excluding hydrogens is 417 g/mol. The number of carbonyl (C=O) groups excluding carboxylic acids is 2. The Morgan fingerprint density at radius 1 is 1.34 bits per heavy atom. The molecule has 1 aliphatic heterocycles. The zero-order valence-corrected chi connectivity index (χ0v) is 19.1. The highest BCUT2D eigenvalue weighted by atomic mass is 19.1. The fourth-order valence-electron chi connectivity index (χ4n) is 4.48. The number of halogens is 1. The third kappa shape index (κ3) is 6.04. The van der Waals surface area contributed by atoms with Gasteiger partial charge in [-0.3, -0.25) is 25.6 Å². The van der Waals surface area contributed by atoms with Gasteiger partial charge in [-0.1, -0.05) is 25.7 Å². The molecule has 2 fully saturated rings. The van der Waals surface area contributed by atoms with E-state index in [0.29, 0.717) is 36.3 Å². The van der Waals surface area contributed by atoms with Crippen molar-refractivity contribution in [2.45, 2.75) is 52.0 Å². The van der Waals surface area contributed by atoms with Gasteiger partial charge in [0.1, 0.15) is 5.82 Å². The molecule has 1 aliphatic carbocycles. The smallest absolute Gasteiger partial charge is 0.243 e. The largest absolute Gasteiger partial charge is 0.351 e. The quantitative estimate of drug-likeness (QED) is 0.294. The van der Waals surface area contributed by atoms with E-state index >= 15 is 4.39 Å². The van der Waals surface area contributed by atoms with Crippen LogP contribution >= 0.6 is 0 Å². The number of carbonyl (C=O) groups is 2. The van der Waals surface area contributed by atoms with Gasteiger partial charge in [-0.2, -0.15) is 4.39 Å². The van der Waals surface area contributed by atoms with Crippen LogP contribution in [-0.2, 0) is 9.59 Å². The van der Waals surface area contributed by atoms with E-state index in [1.54, 1.807) is 6.92 Å². The maximum Gasteiger partial charge on any atom is 0.243 e. The lowest BCUT2D eigenvalue weighted by atomic mass is 9.92. The van der Waals surface area contributed by atoms with E-state index in [0.717, 1.165) is 32.2 Å². The number of hydrogen-bond donors (Lipinski definition) is 3. The average Bonchev–Trinajstić information content (AvgIpc) is 3.28. The van der Waals surface area contributed by atoms with E-state index in [1.165, 1.54) is 0 Å². The SMILES string of the molecule is Cc1nc(NNC(=O)[C@@H](CC2CCCC2)CN(O)C=O)c(F)c(N2CCN(C)[C@@H](C)C2)n1. The first-order chi connectivity index (χ1) is 15.3. The fraction of sp³-hybridized carbons (Fsp3) is 0.714. The summed E-state index contributed by atoms with van der Waals surface area (Å²) in [5.74, 6) is -0.823. The van der Waals surface area contributed by atoms with Gasteiger partial charge in [0.25, 0.3) is 0 Å². The Balaban J connectivity index is 1.69. The molecule has 3 rings (SSSR count). The first-order valence-corrected chi connectivity index (χ1v) is 11.2. The van der Waals surface area contributed by atoms with E-state index in [-0.39, 0.29) is 30.6 Å². The number of likely N-dealkylation sites (N-methyl/N-ethyl adjacent to an activating group) is 1. The van der Waals surface area contributed by atoms with E-state index in [9.17, 15) is 14.8 Å². The summed E-state index contributed by atoms with van der Waals surface area (Å²) < 4.78 is 15.2. The highest BCUT2D eigenvalue weighted by Crippen LogP contribution is 2.31. The summed E-state index contributed by atoms with van der Waals surface area (Å²) in [6.45, 7) is 5.69. The van der Waals surface area contributed by atoms with Crippen LogP contribution in [0.1, 0.15) is 44.9 Å². The molecule has 0 radical (unpaired) electrons. The normalized spacial score (nSPS) is 20.8. The topological polar surface area (TPSA) is 114 Å². The molecule has 178 valence electrons. The first-order valence-electron chi connectivity index (χ1n) is 11.2. The first kappa shape index (κ1) is 24.1. The Hall–Kier alpha value is -2.53. The van der Waals surface area contributed by atoms with Gasteiger partial charge >= 0.3 is 0 Å². The van der Waals surface area contributed by atoms with E-state index in [2.05, 4.69) is 32.6 Å². The zero-order chi connectivity index (χ0) is 23.3. The minimum atomic E-state index is -0.628. The summed E-state index contributed by atoms with van der Waals surface area (Å²) in [7, 11) is 2.03. The van der Waals surface area contributed by atoms with Crippen LogP contribution in [0.2, 0.25) is 0 Å². The number of nitrogens with zero attached hydrogens (tertiary/aromatic N) is 5. The molecule has 2 heterocycles. The second-order valence-electron chi connectivity index (χ2n) is 8.96. The van der Waals surface area contributed by atoms with Crippen LogP contribution in [0, 0.1) is 24.6 Å². The summed E-state index contributed by atoms with van der Waals surface area (Å²) in [6.07, 6.45) is 5.11. The van der Waals surface area contributed by atoms with Crippen molar-refractivity contribution < 1.29 is 19.2 Å². The Bertz CT molecular complexity index is 806. The number of amides is 2. The lowest BCUT2D eigenvalue weighted by Gasteiger charge is -2.38. The van der Waals surface area contributed by atoms with Gasteiger partial charge in [-0.05, 0) is 33.2 Å². The van der Waals surface area contributed by atoms with Gasteiger partial charge in [-0.25, -0.2) is 15.0 Å². The molecule has 32 heavy (non-hydrogen) atoms. The summed E-state index contributed by atoms with van der Waals surface area (Å²) in [6, 6.07) is 0.255. The molecule has 1 aromatic rings. The Morgan fingerprint density at radius 3 is 2.72 bits per heavy atom. The van der Waals surface area contributed by atoms with Crippen molar-refractivity contribution in [3.8, 4) is 0 Å². The lowest BCUT2D eigenvalue weighted by Crippen LogP contribution is -2.50. The number of hydroxylamine groups is 2. The molecule has 1 saturated carbocycles. The molecule has 10 nitrogen and oxygen atoms in total. The van der Waals surface area contributed by atoms with Gasteiger partial charge in [-0.15, -0.1) is 0 Å². The third-order valence-corrected chi connectivity index (χ3v) is 6.50. The van der Waals surface area contributed by atoms with Crippen LogP contribution in [0.25, 0.3) is 0 Å². The second kappa shape index (κ2) is 10.9. The Kier molecular flexibility index (Phi) is 8.19. The van der Waals surface area contributed by atoms with E-state index in [4.69, 9.17) is 0 Å². The van der Waals surface area contributed by atoms with Gasteiger partial charge in [0.2, 0.25) is 18.1 Å². The number of rotatable bonds is 9. The number of piperazine rings is 1. The monoisotopic (exact) mass is 451 g/mol. The lowest BCUT2D eigenvalue weighted by molar-refractivity contribution is -0.154. The molecule has 1 aromatic heterocycles. The molecule has 0 aromatic carbocycles. The predicted molar refractivity (Wildman–Crippen MR) is 117 cm³/mol. The van der Waals surface area contributed by atoms with Crippen molar-refractivity contribution in [3.63, 3.8) is 0 Å². The predicted octanol–water partition coefficient (Wildman–Crippen LogP) is 1.55. The molecule has 2 amide bonds. The molecule has 2 atom stereocenters. The molecule has 1 saturated heterocycles. The van der Waals surface area contributed by atoms with E-state index in [1.807, 2.05) is 11.9 Å². The number of anilines is 2. The fourth-order valence-corrected chi connectivity index (χ4v) is 4.48. The number of hydrazine groups is 1. The van der Waals surface area contributed by atoms with Gasteiger partial charge < -0.3 is 9.80 Å². The molecule has 0 bridgehead atoms. The Morgan fingerprint density at radius 2 is 2.06 bits per heavy atom. The number of aryl methyl sites for hydroxylation is 1. The van der Waals surface area contributed by atoms with Crippen LogP contribution in [0.15, 0.2) is 0 Å². The Labute approximate surface area is 188 Å². The molecule has 3 N–H and O–H groups in total. The van der Waals surface area contributed by atoms with Crippen LogP contribution in [0.4, 0.5) is 16.0 Å². The summed E-state index contributed by atoms with van der Waals surface area (Å²) in [5, 5.41) is 10.1.